The maximum Gasteiger partial charge on any atom is 0.305 e. The molecule has 0 spiro atoms. The predicted molar refractivity (Wildman–Crippen MR) is 151 cm³/mol. The molecule has 4 rings (SSSR count). The number of aryl methyl sites for hydroxylation is 1. The minimum Gasteiger partial charge on any atom is -0.495 e. The first-order chi connectivity index (χ1) is 18.7. The van der Waals surface area contributed by atoms with Crippen LogP contribution in [-0.2, 0) is 16.1 Å². The number of hydrogen-bond acceptors (Lipinski definition) is 7. The number of pyridine rings is 1. The summed E-state index contributed by atoms with van der Waals surface area (Å²) in [5.41, 5.74) is 4.10. The van der Waals surface area contributed by atoms with Gasteiger partial charge in [0, 0.05) is 28.6 Å². The minimum atomic E-state index is -0.482. The summed E-state index contributed by atoms with van der Waals surface area (Å²) < 4.78 is 17.0. The lowest BCUT2D eigenvalue weighted by Gasteiger charge is -2.13. The number of carbonyl (C=O) groups is 2. The van der Waals surface area contributed by atoms with Crippen molar-refractivity contribution in [1.82, 2.24) is 4.98 Å². The van der Waals surface area contributed by atoms with Crippen molar-refractivity contribution >= 4 is 45.8 Å². The van der Waals surface area contributed by atoms with Gasteiger partial charge in [0.15, 0.2) is 5.58 Å². The summed E-state index contributed by atoms with van der Waals surface area (Å²) in [6.45, 7) is 7.73. The summed E-state index contributed by atoms with van der Waals surface area (Å²) in [6.07, 6.45) is 1.86. The standard InChI is InChI=1S/C30H30ClN3O5/c1-6-27(35)38-16-20-15-32-18(4)28-23(20)14-24(29(36)34-25-13-21(31)9-12-26(25)37-5)30(39-28)33-22-10-7-19(8-11-22)17(2)3/h7-15,17H,6,16H2,1-5H3,(H,34,36). The van der Waals surface area contributed by atoms with E-state index in [9.17, 15) is 9.59 Å². The number of methoxy groups -OCH3 is 1. The molecule has 8 nitrogen and oxygen atoms in total. The van der Waals surface area contributed by atoms with Crippen LogP contribution in [0, 0.1) is 6.92 Å². The van der Waals surface area contributed by atoms with Crippen molar-refractivity contribution in [2.45, 2.75) is 46.6 Å². The average molecular weight is 548 g/mol. The molecule has 9 heteroatoms. The van der Waals surface area contributed by atoms with Crippen LogP contribution in [0.4, 0.5) is 11.4 Å². The number of amides is 1. The molecule has 202 valence electrons. The number of esters is 1. The first-order valence-corrected chi connectivity index (χ1v) is 13.0. The van der Waals surface area contributed by atoms with Crippen molar-refractivity contribution < 1.29 is 23.5 Å². The maximum atomic E-state index is 13.7. The smallest absolute Gasteiger partial charge is 0.305 e. The highest BCUT2D eigenvalue weighted by Gasteiger charge is 2.19. The van der Waals surface area contributed by atoms with E-state index in [1.165, 1.54) is 12.7 Å². The minimum absolute atomic E-state index is 0.0116. The molecule has 0 atom stereocenters. The third-order valence-corrected chi connectivity index (χ3v) is 6.41. The van der Waals surface area contributed by atoms with Gasteiger partial charge in [-0.05, 0) is 54.8 Å². The van der Waals surface area contributed by atoms with E-state index in [1.807, 2.05) is 24.3 Å². The van der Waals surface area contributed by atoms with Crippen LogP contribution in [-0.4, -0.2) is 24.0 Å². The van der Waals surface area contributed by atoms with Gasteiger partial charge in [-0.3, -0.25) is 14.6 Å². The molecule has 0 bridgehead atoms. The van der Waals surface area contributed by atoms with Crippen LogP contribution in [0.5, 0.6) is 5.75 Å². The van der Waals surface area contributed by atoms with Gasteiger partial charge in [0.25, 0.3) is 5.91 Å². The third kappa shape index (κ3) is 6.46. The van der Waals surface area contributed by atoms with E-state index in [1.54, 1.807) is 44.3 Å². The fourth-order valence-electron chi connectivity index (χ4n) is 3.93. The molecule has 2 aromatic carbocycles. The Bertz CT molecular complexity index is 1590. The van der Waals surface area contributed by atoms with Gasteiger partial charge in [-0.2, -0.15) is 0 Å². The Morgan fingerprint density at radius 2 is 1.87 bits per heavy atom. The van der Waals surface area contributed by atoms with Crippen LogP contribution >= 0.6 is 11.6 Å². The molecule has 0 radical (unpaired) electrons. The Morgan fingerprint density at radius 1 is 1.13 bits per heavy atom. The van der Waals surface area contributed by atoms with Crippen LogP contribution in [0.2, 0.25) is 5.02 Å². The van der Waals surface area contributed by atoms with E-state index in [4.69, 9.17) is 25.5 Å². The maximum absolute atomic E-state index is 13.7. The molecule has 0 saturated heterocycles. The highest BCUT2D eigenvalue weighted by Crippen LogP contribution is 2.29. The Balaban J connectivity index is 1.89. The first-order valence-electron chi connectivity index (χ1n) is 12.6. The summed E-state index contributed by atoms with van der Waals surface area (Å²) >= 11 is 6.17. The Kier molecular flexibility index (Phi) is 8.66. The Labute approximate surface area is 231 Å². The number of rotatable bonds is 8. The van der Waals surface area contributed by atoms with E-state index >= 15 is 0 Å². The van der Waals surface area contributed by atoms with Gasteiger partial charge in [-0.15, -0.1) is 0 Å². The first kappa shape index (κ1) is 27.9. The lowest BCUT2D eigenvalue weighted by atomic mass is 10.0. The van der Waals surface area contributed by atoms with Gasteiger partial charge in [0.2, 0.25) is 5.55 Å². The molecule has 2 heterocycles. The number of ether oxygens (including phenoxy) is 2. The molecular weight excluding hydrogens is 518 g/mol. The predicted octanol–water partition coefficient (Wildman–Crippen LogP) is 6.86. The molecule has 0 aliphatic heterocycles. The van der Waals surface area contributed by atoms with Crippen molar-refractivity contribution in [2.75, 3.05) is 12.4 Å². The molecule has 39 heavy (non-hydrogen) atoms. The van der Waals surface area contributed by atoms with Crippen molar-refractivity contribution in [3.63, 3.8) is 0 Å². The normalized spacial score (nSPS) is 11.6. The molecule has 0 aliphatic rings. The molecule has 1 N–H and O–H groups in total. The van der Waals surface area contributed by atoms with Gasteiger partial charge in [-0.25, -0.2) is 4.99 Å². The number of nitrogens with zero attached hydrogens (tertiary/aromatic N) is 2. The summed E-state index contributed by atoms with van der Waals surface area (Å²) in [7, 11) is 1.51. The van der Waals surface area contributed by atoms with Crippen molar-refractivity contribution in [2.24, 2.45) is 4.99 Å². The molecule has 4 aromatic rings. The number of fused-ring (bicyclic) bond motifs is 1. The highest BCUT2D eigenvalue weighted by molar-refractivity contribution is 6.31. The second-order valence-electron chi connectivity index (χ2n) is 9.25. The zero-order chi connectivity index (χ0) is 28.1. The topological polar surface area (TPSA) is 103 Å². The van der Waals surface area contributed by atoms with E-state index in [2.05, 4.69) is 29.1 Å². The van der Waals surface area contributed by atoms with Crippen LogP contribution < -0.4 is 15.6 Å². The zero-order valence-corrected chi connectivity index (χ0v) is 23.3. The van der Waals surface area contributed by atoms with Gasteiger partial charge < -0.3 is 19.2 Å². The lowest BCUT2D eigenvalue weighted by molar-refractivity contribution is -0.144. The summed E-state index contributed by atoms with van der Waals surface area (Å²) in [5.74, 6) is -0.0132. The van der Waals surface area contributed by atoms with E-state index in [0.717, 1.165) is 0 Å². The van der Waals surface area contributed by atoms with Crippen molar-refractivity contribution in [3.8, 4) is 5.75 Å². The zero-order valence-electron chi connectivity index (χ0n) is 22.5. The number of anilines is 1. The van der Waals surface area contributed by atoms with E-state index < -0.39 is 5.91 Å². The van der Waals surface area contributed by atoms with E-state index in [0.29, 0.717) is 50.3 Å². The fourth-order valence-corrected chi connectivity index (χ4v) is 4.10. The van der Waals surface area contributed by atoms with Crippen molar-refractivity contribution in [1.29, 1.82) is 0 Å². The molecule has 2 aromatic heterocycles. The molecule has 0 fully saturated rings. The highest BCUT2D eigenvalue weighted by atomic mass is 35.5. The largest absolute Gasteiger partial charge is 0.495 e. The fraction of sp³-hybridized carbons (Fsp3) is 0.267. The number of halogens is 1. The third-order valence-electron chi connectivity index (χ3n) is 6.17. The number of carbonyl (C=O) groups excluding carboxylic acids is 2. The number of hydrogen-bond donors (Lipinski definition) is 1. The van der Waals surface area contributed by atoms with Crippen LogP contribution in [0.3, 0.4) is 0 Å². The Morgan fingerprint density at radius 3 is 2.54 bits per heavy atom. The summed E-state index contributed by atoms with van der Waals surface area (Å²) in [6, 6.07) is 14.4. The Hall–Kier alpha value is -4.17. The monoisotopic (exact) mass is 547 g/mol. The average Bonchev–Trinajstić information content (AvgIpc) is 2.92. The molecule has 0 aliphatic carbocycles. The van der Waals surface area contributed by atoms with Crippen LogP contribution in [0.25, 0.3) is 11.0 Å². The van der Waals surface area contributed by atoms with Gasteiger partial charge >= 0.3 is 5.97 Å². The molecule has 0 unspecified atom stereocenters. The number of aromatic nitrogens is 1. The number of nitrogens with one attached hydrogen (secondary N) is 1. The van der Waals surface area contributed by atoms with Gasteiger partial charge in [0.05, 0.1) is 24.2 Å². The second-order valence-corrected chi connectivity index (χ2v) is 9.68. The quantitative estimate of drug-likeness (QED) is 0.242. The van der Waals surface area contributed by atoms with Crippen molar-refractivity contribution in [3.05, 3.63) is 87.7 Å². The SMILES string of the molecule is CCC(=O)OCc1cnc(C)c2oc(=Nc3ccc(C(C)C)cc3)c(C(=O)Nc3cc(Cl)ccc3OC)cc12. The lowest BCUT2D eigenvalue weighted by Crippen LogP contribution is -2.22. The van der Waals surface area contributed by atoms with Crippen LogP contribution in [0.1, 0.15) is 60.3 Å². The van der Waals surface area contributed by atoms with Gasteiger partial charge in [-0.1, -0.05) is 44.5 Å². The second kappa shape index (κ2) is 12.1. The van der Waals surface area contributed by atoms with E-state index in [-0.39, 0.29) is 30.1 Å². The molecular formula is C30H30ClN3O5. The summed E-state index contributed by atoms with van der Waals surface area (Å²) in [4.78, 5) is 34.6. The number of benzene rings is 2. The molecule has 1 amide bonds. The summed E-state index contributed by atoms with van der Waals surface area (Å²) in [5, 5.41) is 3.88. The van der Waals surface area contributed by atoms with Crippen LogP contribution in [0.15, 0.2) is 64.1 Å². The molecule has 0 saturated carbocycles. The van der Waals surface area contributed by atoms with Gasteiger partial charge in [0.1, 0.15) is 17.9 Å².